The molecule has 0 amide bonds. The van der Waals surface area contributed by atoms with Gasteiger partial charge in [-0.1, -0.05) is 16.8 Å². The molecule has 0 radical (unpaired) electrons. The SMILES string of the molecule is Clc1cc(NCc2nn[nH]n2)ncn1. The van der Waals surface area contributed by atoms with E-state index in [4.69, 9.17) is 11.6 Å². The van der Waals surface area contributed by atoms with E-state index >= 15 is 0 Å². The van der Waals surface area contributed by atoms with Gasteiger partial charge in [0.1, 0.15) is 17.3 Å². The highest BCUT2D eigenvalue weighted by molar-refractivity contribution is 6.29. The number of halogens is 1. The Kier molecular flexibility index (Phi) is 2.50. The number of tetrazole rings is 1. The van der Waals surface area contributed by atoms with Crippen LogP contribution in [0.15, 0.2) is 12.4 Å². The average Bonchev–Trinajstić information content (AvgIpc) is 2.67. The van der Waals surface area contributed by atoms with E-state index in [0.717, 1.165) is 0 Å². The van der Waals surface area contributed by atoms with E-state index in [9.17, 15) is 0 Å². The number of aromatic nitrogens is 6. The molecule has 0 aliphatic rings. The highest BCUT2D eigenvalue weighted by atomic mass is 35.5. The van der Waals surface area contributed by atoms with Crippen LogP contribution in [0.1, 0.15) is 5.82 Å². The van der Waals surface area contributed by atoms with Gasteiger partial charge in [0, 0.05) is 6.07 Å². The van der Waals surface area contributed by atoms with Crippen molar-refractivity contribution in [3.8, 4) is 0 Å². The molecule has 2 aromatic heterocycles. The third kappa shape index (κ3) is 2.13. The lowest BCUT2D eigenvalue weighted by molar-refractivity contribution is 0.881. The second-order valence-electron chi connectivity index (χ2n) is 2.41. The first kappa shape index (κ1) is 8.82. The standard InChI is InChI=1S/C6H6ClN7/c7-4-1-5(10-3-9-4)8-2-6-11-13-14-12-6/h1,3H,2H2,(H,8,9,10)(H,11,12,13,14). The third-order valence-electron chi connectivity index (χ3n) is 1.45. The van der Waals surface area contributed by atoms with Gasteiger partial charge in [-0.15, -0.1) is 10.2 Å². The molecule has 0 aliphatic heterocycles. The van der Waals surface area contributed by atoms with Gasteiger partial charge in [-0.25, -0.2) is 9.97 Å². The molecule has 0 bridgehead atoms. The minimum Gasteiger partial charge on any atom is -0.362 e. The topological polar surface area (TPSA) is 92.3 Å². The molecule has 72 valence electrons. The molecule has 0 spiro atoms. The molecule has 0 aromatic carbocycles. The van der Waals surface area contributed by atoms with Crippen LogP contribution in [0, 0.1) is 0 Å². The van der Waals surface area contributed by atoms with Crippen LogP contribution >= 0.6 is 11.6 Å². The predicted octanol–water partition coefficient (Wildman–Crippen LogP) is 0.255. The zero-order valence-electron chi connectivity index (χ0n) is 6.98. The van der Waals surface area contributed by atoms with Gasteiger partial charge in [0.25, 0.3) is 0 Å². The van der Waals surface area contributed by atoms with E-state index in [0.29, 0.717) is 23.3 Å². The molecule has 14 heavy (non-hydrogen) atoms. The first-order valence-electron chi connectivity index (χ1n) is 3.78. The molecule has 2 N–H and O–H groups in total. The number of rotatable bonds is 3. The summed E-state index contributed by atoms with van der Waals surface area (Å²) in [5.74, 6) is 1.18. The molecule has 2 aromatic rings. The molecule has 0 unspecified atom stereocenters. The quantitative estimate of drug-likeness (QED) is 0.708. The third-order valence-corrected chi connectivity index (χ3v) is 1.66. The maximum atomic E-state index is 5.66. The van der Waals surface area contributed by atoms with Crippen LogP contribution < -0.4 is 5.32 Å². The maximum Gasteiger partial charge on any atom is 0.193 e. The number of nitrogens with one attached hydrogen (secondary N) is 2. The molecule has 2 rings (SSSR count). The number of H-pyrrole nitrogens is 1. The molecule has 0 saturated carbocycles. The van der Waals surface area contributed by atoms with Crippen LogP contribution in [0.5, 0.6) is 0 Å². The van der Waals surface area contributed by atoms with Gasteiger partial charge in [-0.05, 0) is 0 Å². The van der Waals surface area contributed by atoms with Gasteiger partial charge in [-0.3, -0.25) is 0 Å². The Bertz CT molecular complexity index is 400. The average molecular weight is 212 g/mol. The van der Waals surface area contributed by atoms with Gasteiger partial charge < -0.3 is 5.32 Å². The van der Waals surface area contributed by atoms with E-state index in [2.05, 4.69) is 35.9 Å². The number of anilines is 1. The Morgan fingerprint density at radius 1 is 1.43 bits per heavy atom. The minimum absolute atomic E-state index is 0.385. The van der Waals surface area contributed by atoms with E-state index in [1.165, 1.54) is 6.33 Å². The lowest BCUT2D eigenvalue weighted by Gasteiger charge is -2.00. The fraction of sp³-hybridized carbons (Fsp3) is 0.167. The van der Waals surface area contributed by atoms with Crippen molar-refractivity contribution in [2.45, 2.75) is 6.54 Å². The first-order chi connectivity index (χ1) is 6.84. The summed E-state index contributed by atoms with van der Waals surface area (Å²) in [6.07, 6.45) is 1.38. The normalized spacial score (nSPS) is 10.1. The summed E-state index contributed by atoms with van der Waals surface area (Å²) in [6.45, 7) is 0.434. The van der Waals surface area contributed by atoms with E-state index in [-0.39, 0.29) is 0 Å². The van der Waals surface area contributed by atoms with Crippen LogP contribution in [-0.2, 0) is 6.54 Å². The van der Waals surface area contributed by atoms with Crippen molar-refractivity contribution in [3.05, 3.63) is 23.4 Å². The fourth-order valence-electron chi connectivity index (χ4n) is 0.857. The number of aromatic amines is 1. The molecule has 2 heterocycles. The molecular formula is C6H6ClN7. The van der Waals surface area contributed by atoms with Crippen LogP contribution in [0.2, 0.25) is 5.15 Å². The molecule has 8 heteroatoms. The number of hydrogen-bond donors (Lipinski definition) is 2. The summed E-state index contributed by atoms with van der Waals surface area (Å²) in [6, 6.07) is 1.61. The monoisotopic (exact) mass is 211 g/mol. The summed E-state index contributed by atoms with van der Waals surface area (Å²) < 4.78 is 0. The summed E-state index contributed by atoms with van der Waals surface area (Å²) in [4.78, 5) is 7.70. The van der Waals surface area contributed by atoms with E-state index in [1.807, 2.05) is 0 Å². The van der Waals surface area contributed by atoms with Gasteiger partial charge in [0.15, 0.2) is 5.82 Å². The Morgan fingerprint density at radius 2 is 2.36 bits per heavy atom. The molecule has 0 aliphatic carbocycles. The second-order valence-corrected chi connectivity index (χ2v) is 2.79. The van der Waals surface area contributed by atoms with Gasteiger partial charge in [0.2, 0.25) is 0 Å². The van der Waals surface area contributed by atoms with Crippen molar-refractivity contribution >= 4 is 17.4 Å². The van der Waals surface area contributed by atoms with Gasteiger partial charge >= 0.3 is 0 Å². The lowest BCUT2D eigenvalue weighted by atomic mass is 10.5. The van der Waals surface area contributed by atoms with Crippen LogP contribution in [0.4, 0.5) is 5.82 Å². The van der Waals surface area contributed by atoms with Crippen molar-refractivity contribution in [3.63, 3.8) is 0 Å². The number of nitrogens with zero attached hydrogens (tertiary/aromatic N) is 5. The predicted molar refractivity (Wildman–Crippen MR) is 48.5 cm³/mol. The Morgan fingerprint density at radius 3 is 3.07 bits per heavy atom. The summed E-state index contributed by atoms with van der Waals surface area (Å²) >= 11 is 5.66. The van der Waals surface area contributed by atoms with Crippen molar-refractivity contribution in [1.82, 2.24) is 30.6 Å². The highest BCUT2D eigenvalue weighted by Crippen LogP contribution is 2.08. The Balaban J connectivity index is 1.98. The van der Waals surface area contributed by atoms with Gasteiger partial charge in [0.05, 0.1) is 6.54 Å². The molecule has 7 nitrogen and oxygen atoms in total. The van der Waals surface area contributed by atoms with Crippen LogP contribution in [-0.4, -0.2) is 30.6 Å². The summed E-state index contributed by atoms with van der Waals surface area (Å²) in [5, 5.41) is 16.7. The highest BCUT2D eigenvalue weighted by Gasteiger charge is 1.99. The zero-order chi connectivity index (χ0) is 9.80. The van der Waals surface area contributed by atoms with E-state index < -0.39 is 0 Å². The van der Waals surface area contributed by atoms with Crippen molar-refractivity contribution in [2.75, 3.05) is 5.32 Å². The number of hydrogen-bond acceptors (Lipinski definition) is 6. The first-order valence-corrected chi connectivity index (χ1v) is 4.16. The molecular weight excluding hydrogens is 206 g/mol. The lowest BCUT2D eigenvalue weighted by Crippen LogP contribution is -2.03. The summed E-state index contributed by atoms with van der Waals surface area (Å²) in [7, 11) is 0. The van der Waals surface area contributed by atoms with Crippen LogP contribution in [0.25, 0.3) is 0 Å². The molecule has 0 atom stereocenters. The molecule has 0 fully saturated rings. The maximum absolute atomic E-state index is 5.66. The van der Waals surface area contributed by atoms with Crippen molar-refractivity contribution < 1.29 is 0 Å². The second kappa shape index (κ2) is 3.97. The van der Waals surface area contributed by atoms with Crippen molar-refractivity contribution in [1.29, 1.82) is 0 Å². The van der Waals surface area contributed by atoms with Crippen LogP contribution in [0.3, 0.4) is 0 Å². The van der Waals surface area contributed by atoms with Gasteiger partial charge in [-0.2, -0.15) is 5.21 Å². The summed E-state index contributed by atoms with van der Waals surface area (Å²) in [5.41, 5.74) is 0. The Labute approximate surface area is 83.9 Å². The largest absolute Gasteiger partial charge is 0.362 e. The van der Waals surface area contributed by atoms with E-state index in [1.54, 1.807) is 6.07 Å². The Hall–Kier alpha value is -1.76. The molecule has 0 saturated heterocycles. The minimum atomic E-state index is 0.385. The smallest absolute Gasteiger partial charge is 0.193 e. The van der Waals surface area contributed by atoms with Crippen molar-refractivity contribution in [2.24, 2.45) is 0 Å². The zero-order valence-corrected chi connectivity index (χ0v) is 7.73. The fourth-order valence-corrected chi connectivity index (χ4v) is 1.00.